The molecule has 1 aromatic carbocycles. The van der Waals surface area contributed by atoms with Gasteiger partial charge in [-0.05, 0) is 31.4 Å². The van der Waals surface area contributed by atoms with Gasteiger partial charge in [0.05, 0.1) is 0 Å². The number of carbonyl (C=O) groups is 1. The van der Waals surface area contributed by atoms with E-state index in [0.29, 0.717) is 5.69 Å². The topological polar surface area (TPSA) is 49.3 Å². The van der Waals surface area contributed by atoms with Crippen LogP contribution in [0.2, 0.25) is 0 Å². The summed E-state index contributed by atoms with van der Waals surface area (Å²) in [5.41, 5.74) is 1.51. The van der Waals surface area contributed by atoms with Crippen molar-refractivity contribution in [2.24, 2.45) is 5.92 Å². The molecule has 1 aliphatic carbocycles. The number of benzene rings is 1. The number of nitrogens with one attached hydrogen (secondary N) is 1. The minimum absolute atomic E-state index is 0.102. The maximum atomic E-state index is 12.2. The summed E-state index contributed by atoms with van der Waals surface area (Å²) in [6.07, 6.45) is 8.08. The molecule has 0 spiro atoms. The van der Waals surface area contributed by atoms with Crippen LogP contribution >= 0.6 is 0 Å². The van der Waals surface area contributed by atoms with Crippen molar-refractivity contribution in [1.82, 2.24) is 0 Å². The molecule has 0 aliphatic heterocycles. The molecule has 0 radical (unpaired) electrons. The number of hydrogen-bond donors (Lipinski definition) is 2. The van der Waals surface area contributed by atoms with Gasteiger partial charge in [0.2, 0.25) is 5.91 Å². The Morgan fingerprint density at radius 2 is 1.79 bits per heavy atom. The van der Waals surface area contributed by atoms with E-state index in [1.54, 1.807) is 6.07 Å². The summed E-state index contributed by atoms with van der Waals surface area (Å²) in [5.74, 6) is 0.462. The molecule has 1 saturated carbocycles. The molecule has 0 atom stereocenters. The summed E-state index contributed by atoms with van der Waals surface area (Å²) in [6.45, 7) is 1.84. The largest absolute Gasteiger partial charge is 0.508 e. The summed E-state index contributed by atoms with van der Waals surface area (Å²) in [4.78, 5) is 12.2. The molecular weight excluding hydrogens is 238 g/mol. The van der Waals surface area contributed by atoms with Crippen LogP contribution < -0.4 is 5.32 Å². The third kappa shape index (κ3) is 3.98. The van der Waals surface area contributed by atoms with Crippen molar-refractivity contribution in [3.05, 3.63) is 23.8 Å². The first-order valence-electron chi connectivity index (χ1n) is 7.27. The van der Waals surface area contributed by atoms with Gasteiger partial charge in [-0.3, -0.25) is 4.79 Å². The van der Waals surface area contributed by atoms with E-state index >= 15 is 0 Å². The summed E-state index contributed by atoms with van der Waals surface area (Å²) in [7, 11) is 0. The fraction of sp³-hybridized carbons (Fsp3) is 0.562. The van der Waals surface area contributed by atoms with Gasteiger partial charge in [0.15, 0.2) is 0 Å². The zero-order valence-electron chi connectivity index (χ0n) is 11.6. The number of aromatic hydroxyl groups is 1. The highest BCUT2D eigenvalue weighted by molar-refractivity contribution is 5.92. The molecule has 1 fully saturated rings. The summed E-state index contributed by atoms with van der Waals surface area (Å²) in [5, 5.41) is 12.6. The Morgan fingerprint density at radius 3 is 2.42 bits per heavy atom. The second kappa shape index (κ2) is 6.60. The average molecular weight is 261 g/mol. The first-order valence-corrected chi connectivity index (χ1v) is 7.27. The van der Waals surface area contributed by atoms with Crippen LogP contribution in [0.4, 0.5) is 5.69 Å². The smallest absolute Gasteiger partial charge is 0.227 e. The molecule has 2 rings (SSSR count). The highest BCUT2D eigenvalue weighted by Crippen LogP contribution is 2.25. The van der Waals surface area contributed by atoms with E-state index in [9.17, 15) is 9.90 Å². The van der Waals surface area contributed by atoms with Gasteiger partial charge in [0, 0.05) is 17.7 Å². The monoisotopic (exact) mass is 261 g/mol. The maximum absolute atomic E-state index is 12.2. The van der Waals surface area contributed by atoms with Crippen molar-refractivity contribution in [2.45, 2.75) is 51.9 Å². The molecule has 0 aromatic heterocycles. The minimum Gasteiger partial charge on any atom is -0.508 e. The van der Waals surface area contributed by atoms with Crippen LogP contribution in [-0.4, -0.2) is 11.0 Å². The fourth-order valence-electron chi connectivity index (χ4n) is 2.65. The number of rotatable bonds is 2. The number of phenolic OH excluding ortho intramolecular Hbond substituents is 1. The SMILES string of the molecule is Cc1ccc(NC(=O)C2CCCCCCC2)cc1O. The Balaban J connectivity index is 1.96. The molecule has 3 heteroatoms. The average Bonchev–Trinajstić information content (AvgIpc) is 2.33. The van der Waals surface area contributed by atoms with Crippen molar-refractivity contribution in [3.8, 4) is 5.75 Å². The number of anilines is 1. The van der Waals surface area contributed by atoms with E-state index in [1.807, 2.05) is 19.1 Å². The Labute approximate surface area is 115 Å². The van der Waals surface area contributed by atoms with Gasteiger partial charge in [-0.2, -0.15) is 0 Å². The number of amides is 1. The van der Waals surface area contributed by atoms with Crippen LogP contribution in [0.25, 0.3) is 0 Å². The maximum Gasteiger partial charge on any atom is 0.227 e. The molecule has 0 heterocycles. The normalized spacial score (nSPS) is 17.5. The van der Waals surface area contributed by atoms with Crippen molar-refractivity contribution in [2.75, 3.05) is 5.32 Å². The predicted molar refractivity (Wildman–Crippen MR) is 77.3 cm³/mol. The predicted octanol–water partition coefficient (Wildman–Crippen LogP) is 4.00. The van der Waals surface area contributed by atoms with Gasteiger partial charge in [0.1, 0.15) is 5.75 Å². The lowest BCUT2D eigenvalue weighted by atomic mass is 9.90. The molecule has 0 unspecified atom stereocenters. The van der Waals surface area contributed by atoms with E-state index in [2.05, 4.69) is 5.32 Å². The van der Waals surface area contributed by atoms with Gasteiger partial charge in [0.25, 0.3) is 0 Å². The lowest BCUT2D eigenvalue weighted by Gasteiger charge is -2.19. The van der Waals surface area contributed by atoms with E-state index < -0.39 is 0 Å². The molecule has 104 valence electrons. The molecule has 1 aromatic rings. The zero-order chi connectivity index (χ0) is 13.7. The van der Waals surface area contributed by atoms with Crippen LogP contribution in [0.1, 0.15) is 50.5 Å². The van der Waals surface area contributed by atoms with Crippen molar-refractivity contribution in [3.63, 3.8) is 0 Å². The van der Waals surface area contributed by atoms with Gasteiger partial charge >= 0.3 is 0 Å². The first kappa shape index (κ1) is 13.9. The molecule has 0 bridgehead atoms. The summed E-state index contributed by atoms with van der Waals surface area (Å²) < 4.78 is 0. The molecular formula is C16H23NO2. The van der Waals surface area contributed by atoms with Crippen molar-refractivity contribution >= 4 is 11.6 Å². The fourth-order valence-corrected chi connectivity index (χ4v) is 2.65. The quantitative estimate of drug-likeness (QED) is 0.845. The Morgan fingerprint density at radius 1 is 1.16 bits per heavy atom. The zero-order valence-corrected chi connectivity index (χ0v) is 11.6. The highest BCUT2D eigenvalue weighted by Gasteiger charge is 2.19. The van der Waals surface area contributed by atoms with Crippen LogP contribution in [0, 0.1) is 12.8 Å². The second-order valence-corrected chi connectivity index (χ2v) is 5.53. The number of aryl methyl sites for hydroxylation is 1. The molecule has 1 aliphatic rings. The third-order valence-electron chi connectivity index (χ3n) is 3.95. The molecule has 1 amide bonds. The van der Waals surface area contributed by atoms with Crippen LogP contribution in [0.15, 0.2) is 18.2 Å². The molecule has 19 heavy (non-hydrogen) atoms. The van der Waals surface area contributed by atoms with Crippen LogP contribution in [0.3, 0.4) is 0 Å². The Kier molecular flexibility index (Phi) is 4.83. The van der Waals surface area contributed by atoms with E-state index in [0.717, 1.165) is 31.2 Å². The lowest BCUT2D eigenvalue weighted by molar-refractivity contribution is -0.120. The highest BCUT2D eigenvalue weighted by atomic mass is 16.3. The molecule has 3 nitrogen and oxygen atoms in total. The van der Waals surface area contributed by atoms with Gasteiger partial charge in [-0.15, -0.1) is 0 Å². The molecule has 2 N–H and O–H groups in total. The van der Waals surface area contributed by atoms with Gasteiger partial charge in [-0.25, -0.2) is 0 Å². The Bertz CT molecular complexity index is 434. The lowest BCUT2D eigenvalue weighted by Crippen LogP contribution is -2.23. The summed E-state index contributed by atoms with van der Waals surface area (Å²) >= 11 is 0. The number of phenols is 1. The van der Waals surface area contributed by atoms with E-state index in [-0.39, 0.29) is 17.6 Å². The van der Waals surface area contributed by atoms with E-state index in [4.69, 9.17) is 0 Å². The van der Waals surface area contributed by atoms with Crippen molar-refractivity contribution < 1.29 is 9.90 Å². The standard InChI is InChI=1S/C16H23NO2/c1-12-9-10-14(11-15(12)18)17-16(19)13-7-5-3-2-4-6-8-13/h9-11,13,18H,2-8H2,1H3,(H,17,19). The second-order valence-electron chi connectivity index (χ2n) is 5.53. The van der Waals surface area contributed by atoms with Gasteiger partial charge in [-0.1, -0.05) is 38.2 Å². The van der Waals surface area contributed by atoms with E-state index in [1.165, 1.54) is 19.3 Å². The first-order chi connectivity index (χ1) is 9.16. The van der Waals surface area contributed by atoms with Crippen LogP contribution in [-0.2, 0) is 4.79 Å². The minimum atomic E-state index is 0.102. The van der Waals surface area contributed by atoms with Crippen LogP contribution in [0.5, 0.6) is 5.75 Å². The van der Waals surface area contributed by atoms with Crippen molar-refractivity contribution in [1.29, 1.82) is 0 Å². The number of hydrogen-bond acceptors (Lipinski definition) is 2. The Hall–Kier alpha value is -1.51. The van der Waals surface area contributed by atoms with Gasteiger partial charge < -0.3 is 10.4 Å². The third-order valence-corrected chi connectivity index (χ3v) is 3.95. The number of carbonyl (C=O) groups excluding carboxylic acids is 1. The summed E-state index contributed by atoms with van der Waals surface area (Å²) in [6, 6.07) is 5.29. The molecule has 0 saturated heterocycles.